The fourth-order valence-corrected chi connectivity index (χ4v) is 2.43. The molecular formula is C21H21N3O3. The van der Waals surface area contributed by atoms with Gasteiger partial charge in [0, 0.05) is 11.6 Å². The van der Waals surface area contributed by atoms with Gasteiger partial charge in [0.2, 0.25) is 5.89 Å². The van der Waals surface area contributed by atoms with Crippen LogP contribution in [0.5, 0.6) is 5.75 Å². The fraction of sp³-hybridized carbons (Fsp3) is 0.190. The minimum absolute atomic E-state index is 0.0577. The zero-order valence-corrected chi connectivity index (χ0v) is 15.5. The third kappa shape index (κ3) is 4.82. The Kier molecular flexibility index (Phi) is 5.66. The van der Waals surface area contributed by atoms with E-state index < -0.39 is 0 Å². The van der Waals surface area contributed by atoms with Gasteiger partial charge in [0.05, 0.1) is 7.11 Å². The van der Waals surface area contributed by atoms with Crippen molar-refractivity contribution in [2.45, 2.75) is 19.8 Å². The van der Waals surface area contributed by atoms with E-state index in [4.69, 9.17) is 9.15 Å². The molecule has 6 heteroatoms. The van der Waals surface area contributed by atoms with Gasteiger partial charge in [0.15, 0.2) is 0 Å². The maximum absolute atomic E-state index is 12.0. The summed E-state index contributed by atoms with van der Waals surface area (Å²) in [5.41, 5.74) is 2.92. The molecular weight excluding hydrogens is 342 g/mol. The highest BCUT2D eigenvalue weighted by Gasteiger charge is 2.10. The molecule has 0 spiro atoms. The molecule has 138 valence electrons. The van der Waals surface area contributed by atoms with E-state index in [0.717, 1.165) is 16.9 Å². The van der Waals surface area contributed by atoms with Crippen molar-refractivity contribution >= 4 is 18.0 Å². The summed E-state index contributed by atoms with van der Waals surface area (Å²) in [6.07, 6.45) is 3.10. The van der Waals surface area contributed by atoms with Gasteiger partial charge in [-0.3, -0.25) is 10.1 Å². The number of benzene rings is 2. The van der Waals surface area contributed by atoms with Crippen LogP contribution in [-0.2, 0) is 4.79 Å². The molecule has 0 aliphatic carbocycles. The highest BCUT2D eigenvalue weighted by atomic mass is 16.5. The summed E-state index contributed by atoms with van der Waals surface area (Å²) < 4.78 is 10.6. The van der Waals surface area contributed by atoms with Crippen molar-refractivity contribution in [1.82, 2.24) is 10.2 Å². The molecule has 27 heavy (non-hydrogen) atoms. The van der Waals surface area contributed by atoms with E-state index >= 15 is 0 Å². The van der Waals surface area contributed by atoms with Gasteiger partial charge >= 0.3 is 6.01 Å². The molecule has 1 N–H and O–H groups in total. The average molecular weight is 363 g/mol. The van der Waals surface area contributed by atoms with Gasteiger partial charge in [-0.05, 0) is 47.4 Å². The number of nitrogens with one attached hydrogen (secondary N) is 1. The number of anilines is 1. The number of amides is 1. The molecule has 0 fully saturated rings. The maximum Gasteiger partial charge on any atom is 0.322 e. The summed E-state index contributed by atoms with van der Waals surface area (Å²) in [7, 11) is 1.61. The Hall–Kier alpha value is -3.41. The first-order chi connectivity index (χ1) is 13.0. The molecule has 0 aliphatic rings. The van der Waals surface area contributed by atoms with E-state index in [2.05, 4.69) is 29.4 Å². The Morgan fingerprint density at radius 2 is 1.78 bits per heavy atom. The van der Waals surface area contributed by atoms with E-state index in [1.807, 2.05) is 48.5 Å². The fourth-order valence-electron chi connectivity index (χ4n) is 2.43. The van der Waals surface area contributed by atoms with Crippen LogP contribution in [0.3, 0.4) is 0 Å². The van der Waals surface area contributed by atoms with Gasteiger partial charge in [0.1, 0.15) is 5.75 Å². The van der Waals surface area contributed by atoms with Crippen LogP contribution in [0, 0.1) is 0 Å². The lowest BCUT2D eigenvalue weighted by molar-refractivity contribution is -0.112. The van der Waals surface area contributed by atoms with Crippen molar-refractivity contribution in [2.75, 3.05) is 12.4 Å². The molecule has 1 heterocycles. The highest BCUT2D eigenvalue weighted by Crippen LogP contribution is 2.23. The first kappa shape index (κ1) is 18.4. The second-order valence-electron chi connectivity index (χ2n) is 6.28. The monoisotopic (exact) mass is 363 g/mol. The smallest absolute Gasteiger partial charge is 0.322 e. The molecule has 3 aromatic rings. The summed E-state index contributed by atoms with van der Waals surface area (Å²) in [5, 5.41) is 10.4. The van der Waals surface area contributed by atoms with Crippen LogP contribution in [0.15, 0.2) is 59.0 Å². The van der Waals surface area contributed by atoms with Crippen molar-refractivity contribution in [3.8, 4) is 17.2 Å². The van der Waals surface area contributed by atoms with E-state index in [-0.39, 0.29) is 11.9 Å². The van der Waals surface area contributed by atoms with Crippen LogP contribution < -0.4 is 10.1 Å². The second-order valence-corrected chi connectivity index (χ2v) is 6.28. The SMILES string of the molecule is COc1ccc(/C=C/C(=O)Nc2nnc(-c3ccc(C(C)C)cc3)o2)cc1. The maximum atomic E-state index is 12.0. The number of aromatic nitrogens is 2. The standard InChI is InChI=1S/C21H21N3O3/c1-14(2)16-7-9-17(10-8-16)20-23-24-21(27-20)22-19(25)13-6-15-4-11-18(26-3)12-5-15/h4-14H,1-3H3,(H,22,24,25)/b13-6+. The summed E-state index contributed by atoms with van der Waals surface area (Å²) in [6.45, 7) is 4.27. The van der Waals surface area contributed by atoms with E-state index in [0.29, 0.717) is 11.8 Å². The van der Waals surface area contributed by atoms with Gasteiger partial charge in [-0.2, -0.15) is 0 Å². The number of rotatable bonds is 6. The lowest BCUT2D eigenvalue weighted by atomic mass is 10.0. The minimum Gasteiger partial charge on any atom is -0.497 e. The van der Waals surface area contributed by atoms with E-state index in [1.54, 1.807) is 13.2 Å². The number of carbonyl (C=O) groups excluding carboxylic acids is 1. The minimum atomic E-state index is -0.351. The predicted molar refractivity (Wildman–Crippen MR) is 104 cm³/mol. The van der Waals surface area contributed by atoms with Gasteiger partial charge in [-0.25, -0.2) is 0 Å². The Bertz CT molecular complexity index is 926. The molecule has 3 rings (SSSR count). The number of hydrogen-bond donors (Lipinski definition) is 1. The molecule has 0 unspecified atom stereocenters. The molecule has 0 radical (unpaired) electrons. The Balaban J connectivity index is 1.62. The molecule has 0 saturated heterocycles. The quantitative estimate of drug-likeness (QED) is 0.652. The van der Waals surface area contributed by atoms with Gasteiger partial charge in [-0.15, -0.1) is 5.10 Å². The summed E-state index contributed by atoms with van der Waals surface area (Å²) in [6, 6.07) is 15.3. The molecule has 0 bridgehead atoms. The molecule has 2 aromatic carbocycles. The van der Waals surface area contributed by atoms with Crippen molar-refractivity contribution in [3.63, 3.8) is 0 Å². The van der Waals surface area contributed by atoms with Crippen molar-refractivity contribution in [3.05, 3.63) is 65.7 Å². The lowest BCUT2D eigenvalue weighted by Gasteiger charge is -2.04. The Morgan fingerprint density at radius 1 is 1.07 bits per heavy atom. The van der Waals surface area contributed by atoms with Crippen LogP contribution in [0.25, 0.3) is 17.5 Å². The van der Waals surface area contributed by atoms with Gasteiger partial charge < -0.3 is 9.15 Å². The van der Waals surface area contributed by atoms with Crippen LogP contribution in [0.1, 0.15) is 30.9 Å². The van der Waals surface area contributed by atoms with Crippen LogP contribution in [0.4, 0.5) is 6.01 Å². The summed E-state index contributed by atoms with van der Waals surface area (Å²) in [4.78, 5) is 12.0. The predicted octanol–water partition coefficient (Wildman–Crippen LogP) is 4.52. The van der Waals surface area contributed by atoms with Crippen LogP contribution >= 0.6 is 0 Å². The average Bonchev–Trinajstić information content (AvgIpc) is 3.15. The zero-order chi connectivity index (χ0) is 19.2. The lowest BCUT2D eigenvalue weighted by Crippen LogP contribution is -2.07. The number of nitrogens with zero attached hydrogens (tertiary/aromatic N) is 2. The first-order valence-corrected chi connectivity index (χ1v) is 8.62. The van der Waals surface area contributed by atoms with E-state index in [1.165, 1.54) is 11.6 Å². The summed E-state index contributed by atoms with van der Waals surface area (Å²) >= 11 is 0. The molecule has 1 aromatic heterocycles. The van der Waals surface area contributed by atoms with Crippen LogP contribution in [0.2, 0.25) is 0 Å². The number of hydrogen-bond acceptors (Lipinski definition) is 5. The number of ether oxygens (including phenoxy) is 1. The number of methoxy groups -OCH3 is 1. The summed E-state index contributed by atoms with van der Waals surface area (Å²) in [5.74, 6) is 1.22. The molecule has 0 saturated carbocycles. The third-order valence-corrected chi connectivity index (χ3v) is 4.02. The topological polar surface area (TPSA) is 77.2 Å². The molecule has 6 nitrogen and oxygen atoms in total. The molecule has 0 atom stereocenters. The zero-order valence-electron chi connectivity index (χ0n) is 15.5. The highest BCUT2D eigenvalue weighted by molar-refractivity contribution is 6.00. The van der Waals surface area contributed by atoms with Crippen molar-refractivity contribution in [2.24, 2.45) is 0 Å². The largest absolute Gasteiger partial charge is 0.497 e. The van der Waals surface area contributed by atoms with Crippen molar-refractivity contribution < 1.29 is 13.9 Å². The Labute approximate surface area is 157 Å². The molecule has 0 aliphatic heterocycles. The first-order valence-electron chi connectivity index (χ1n) is 8.62. The van der Waals surface area contributed by atoms with Gasteiger partial charge in [-0.1, -0.05) is 43.2 Å². The normalized spacial score (nSPS) is 11.1. The van der Waals surface area contributed by atoms with E-state index in [9.17, 15) is 4.79 Å². The third-order valence-electron chi connectivity index (χ3n) is 4.02. The number of carbonyl (C=O) groups is 1. The van der Waals surface area contributed by atoms with Crippen LogP contribution in [-0.4, -0.2) is 23.2 Å². The Morgan fingerprint density at radius 3 is 2.41 bits per heavy atom. The molecule has 1 amide bonds. The second kappa shape index (κ2) is 8.31. The van der Waals surface area contributed by atoms with Crippen molar-refractivity contribution in [1.29, 1.82) is 0 Å². The van der Waals surface area contributed by atoms with Gasteiger partial charge in [0.25, 0.3) is 5.91 Å².